The molecule has 21 heavy (non-hydrogen) atoms. The van der Waals surface area contributed by atoms with Gasteiger partial charge >= 0.3 is 6.19 Å². The molecule has 0 spiro atoms. The normalized spacial score (nSPS) is 10.3. The van der Waals surface area contributed by atoms with Crippen LogP contribution in [0.15, 0.2) is 85.1 Å². The van der Waals surface area contributed by atoms with Crippen LogP contribution in [-0.4, -0.2) is 0 Å². The van der Waals surface area contributed by atoms with E-state index in [0.717, 1.165) is 5.69 Å². The summed E-state index contributed by atoms with van der Waals surface area (Å²) in [5.41, 5.74) is 3.33. The third-order valence-corrected chi connectivity index (χ3v) is 3.56. The second kappa shape index (κ2) is 6.02. The fourth-order valence-electron chi connectivity index (χ4n) is 2.61. The van der Waals surface area contributed by atoms with Crippen LogP contribution >= 0.6 is 0 Å². The molecular weight excluding hydrogens is 256 g/mol. The Balaban J connectivity index is 2.21. The van der Waals surface area contributed by atoms with Crippen molar-refractivity contribution in [2.75, 3.05) is 0 Å². The van der Waals surface area contributed by atoms with Crippen LogP contribution in [0.25, 0.3) is 0 Å². The minimum Gasteiger partial charge on any atom is -0.145 e. The summed E-state index contributed by atoms with van der Waals surface area (Å²) >= 11 is 0. The molecule has 2 aromatic carbocycles. The van der Waals surface area contributed by atoms with E-state index >= 15 is 0 Å². The second-order valence-electron chi connectivity index (χ2n) is 4.85. The number of pyridine rings is 1. The maximum Gasteiger partial charge on any atom is 0.464 e. The molecule has 0 atom stereocenters. The van der Waals surface area contributed by atoms with Crippen LogP contribution in [0.1, 0.15) is 22.7 Å². The van der Waals surface area contributed by atoms with E-state index in [9.17, 15) is 5.26 Å². The molecule has 2 nitrogen and oxygen atoms in total. The number of hydrogen-bond donors (Lipinski definition) is 0. The smallest absolute Gasteiger partial charge is 0.145 e. The third kappa shape index (κ3) is 2.68. The highest BCUT2D eigenvalue weighted by Gasteiger charge is 2.22. The molecule has 0 N–H and O–H groups in total. The summed E-state index contributed by atoms with van der Waals surface area (Å²) in [7, 11) is 0. The number of benzene rings is 2. The van der Waals surface area contributed by atoms with Gasteiger partial charge in [-0.2, -0.15) is 0 Å². The molecule has 100 valence electrons. The van der Waals surface area contributed by atoms with E-state index in [-0.39, 0.29) is 5.92 Å². The Hall–Kier alpha value is -2.92. The van der Waals surface area contributed by atoms with Crippen LogP contribution in [0.4, 0.5) is 0 Å². The fourth-order valence-corrected chi connectivity index (χ4v) is 2.61. The Labute approximate surface area is 124 Å². The molecule has 2 heteroatoms. The number of rotatable bonds is 3. The first-order valence-electron chi connectivity index (χ1n) is 6.91. The van der Waals surface area contributed by atoms with Crippen molar-refractivity contribution >= 4 is 0 Å². The zero-order valence-corrected chi connectivity index (χ0v) is 11.6. The van der Waals surface area contributed by atoms with Gasteiger partial charge in [0.05, 0.1) is 5.92 Å². The van der Waals surface area contributed by atoms with E-state index in [4.69, 9.17) is 0 Å². The Morgan fingerprint density at radius 1 is 0.714 bits per heavy atom. The summed E-state index contributed by atoms with van der Waals surface area (Å²) in [6, 6.07) is 26.4. The molecule has 0 aliphatic carbocycles. The molecule has 1 aromatic heterocycles. The highest BCUT2D eigenvalue weighted by atomic mass is 15.0. The van der Waals surface area contributed by atoms with Gasteiger partial charge < -0.3 is 0 Å². The van der Waals surface area contributed by atoms with E-state index < -0.39 is 0 Å². The maximum absolute atomic E-state index is 9.37. The molecule has 3 rings (SSSR count). The quantitative estimate of drug-likeness (QED) is 0.670. The zero-order valence-electron chi connectivity index (χ0n) is 11.6. The molecule has 0 unspecified atom stereocenters. The van der Waals surface area contributed by atoms with Crippen molar-refractivity contribution in [1.82, 2.24) is 0 Å². The van der Waals surface area contributed by atoms with Crippen molar-refractivity contribution in [3.8, 4) is 6.19 Å². The average Bonchev–Trinajstić information content (AvgIpc) is 2.58. The van der Waals surface area contributed by atoms with Crippen molar-refractivity contribution in [3.05, 3.63) is 102 Å². The van der Waals surface area contributed by atoms with Gasteiger partial charge in [-0.1, -0.05) is 66.7 Å². The zero-order chi connectivity index (χ0) is 14.5. The summed E-state index contributed by atoms with van der Waals surface area (Å²) in [6.45, 7) is 0. The first-order chi connectivity index (χ1) is 10.4. The van der Waals surface area contributed by atoms with Crippen molar-refractivity contribution in [2.45, 2.75) is 5.92 Å². The van der Waals surface area contributed by atoms with Gasteiger partial charge in [-0.15, -0.1) is 4.57 Å². The lowest BCUT2D eigenvalue weighted by atomic mass is 9.88. The summed E-state index contributed by atoms with van der Waals surface area (Å²) in [5.74, 6) is 0.0493. The molecule has 0 fully saturated rings. The monoisotopic (exact) mass is 271 g/mol. The Morgan fingerprint density at radius 2 is 1.24 bits per heavy atom. The van der Waals surface area contributed by atoms with Crippen LogP contribution in [0, 0.1) is 11.5 Å². The Kier molecular flexibility index (Phi) is 3.75. The highest BCUT2D eigenvalue weighted by Crippen LogP contribution is 2.29. The number of hydrogen-bond acceptors (Lipinski definition) is 1. The average molecular weight is 271 g/mol. The first-order valence-corrected chi connectivity index (χ1v) is 6.91. The maximum atomic E-state index is 9.37. The van der Waals surface area contributed by atoms with Crippen LogP contribution in [0.2, 0.25) is 0 Å². The van der Waals surface area contributed by atoms with Crippen LogP contribution < -0.4 is 4.57 Å². The largest absolute Gasteiger partial charge is 0.464 e. The minimum atomic E-state index is 0.0493. The van der Waals surface area contributed by atoms with Gasteiger partial charge in [-0.3, -0.25) is 0 Å². The SMILES string of the molecule is N#C[n+]1ccccc1C(c1ccccc1)c1ccccc1. The van der Waals surface area contributed by atoms with Crippen LogP contribution in [-0.2, 0) is 0 Å². The van der Waals surface area contributed by atoms with Crippen molar-refractivity contribution < 1.29 is 4.57 Å². The van der Waals surface area contributed by atoms with Crippen LogP contribution in [0.5, 0.6) is 0 Å². The van der Waals surface area contributed by atoms with E-state index in [1.807, 2.05) is 54.6 Å². The van der Waals surface area contributed by atoms with Gasteiger partial charge in [0.1, 0.15) is 11.9 Å². The lowest BCUT2D eigenvalue weighted by Gasteiger charge is -2.17. The van der Waals surface area contributed by atoms with E-state index in [0.29, 0.717) is 0 Å². The molecule has 1 heterocycles. The number of aromatic nitrogens is 1. The van der Waals surface area contributed by atoms with E-state index in [1.54, 1.807) is 10.8 Å². The fraction of sp³-hybridized carbons (Fsp3) is 0.0526. The van der Waals surface area contributed by atoms with E-state index in [1.165, 1.54) is 11.1 Å². The van der Waals surface area contributed by atoms with Crippen molar-refractivity contribution in [3.63, 3.8) is 0 Å². The Bertz CT molecular complexity index is 719. The van der Waals surface area contributed by atoms with Crippen molar-refractivity contribution in [2.24, 2.45) is 0 Å². The first kappa shape index (κ1) is 13.1. The lowest BCUT2D eigenvalue weighted by molar-refractivity contribution is -0.595. The summed E-state index contributed by atoms with van der Waals surface area (Å²) in [6.07, 6.45) is 4.03. The van der Waals surface area contributed by atoms with Gasteiger partial charge in [-0.25, -0.2) is 0 Å². The molecule has 0 aliphatic rings. The van der Waals surface area contributed by atoms with Crippen molar-refractivity contribution in [1.29, 1.82) is 5.26 Å². The topological polar surface area (TPSA) is 27.7 Å². The molecule has 0 bridgehead atoms. The molecule has 0 saturated heterocycles. The molecule has 0 saturated carbocycles. The van der Waals surface area contributed by atoms with Gasteiger partial charge in [0.25, 0.3) is 0 Å². The molecule has 0 amide bonds. The summed E-state index contributed by atoms with van der Waals surface area (Å²) in [5, 5.41) is 9.37. The third-order valence-electron chi connectivity index (χ3n) is 3.56. The predicted octanol–water partition coefficient (Wildman–Crippen LogP) is 3.48. The van der Waals surface area contributed by atoms with Gasteiger partial charge in [0, 0.05) is 0 Å². The standard InChI is InChI=1S/C19H15N2/c20-15-21-14-8-7-13-18(21)19(16-9-3-1-4-10-16)17-11-5-2-6-12-17/h1-14,19H/q+1. The number of nitrogens with zero attached hydrogens (tertiary/aromatic N) is 2. The van der Waals surface area contributed by atoms with E-state index in [2.05, 4.69) is 30.5 Å². The summed E-state index contributed by atoms with van der Waals surface area (Å²) in [4.78, 5) is 0. The summed E-state index contributed by atoms with van der Waals surface area (Å²) < 4.78 is 1.63. The molecule has 0 radical (unpaired) electrons. The molecular formula is C19H15N2+. The predicted molar refractivity (Wildman–Crippen MR) is 81.5 cm³/mol. The number of nitriles is 1. The van der Waals surface area contributed by atoms with Gasteiger partial charge in [0.15, 0.2) is 5.26 Å². The highest BCUT2D eigenvalue weighted by molar-refractivity contribution is 5.38. The molecule has 0 aliphatic heterocycles. The minimum absolute atomic E-state index is 0.0493. The van der Waals surface area contributed by atoms with Crippen LogP contribution in [0.3, 0.4) is 0 Å². The van der Waals surface area contributed by atoms with Gasteiger partial charge in [-0.05, 0) is 23.3 Å². The Morgan fingerprint density at radius 3 is 1.76 bits per heavy atom. The molecule has 3 aromatic rings. The lowest BCUT2D eigenvalue weighted by Crippen LogP contribution is -2.34. The second-order valence-corrected chi connectivity index (χ2v) is 4.85. The van der Waals surface area contributed by atoms with Gasteiger partial charge in [0.2, 0.25) is 0 Å².